The number of imidazole rings is 2. The van der Waals surface area contributed by atoms with Crippen molar-refractivity contribution < 1.29 is 0 Å². The van der Waals surface area contributed by atoms with Gasteiger partial charge in [-0.15, -0.1) is 0 Å². The molecule has 0 amide bonds. The molecule has 3 aromatic carbocycles. The van der Waals surface area contributed by atoms with Crippen molar-refractivity contribution in [3.8, 4) is 0 Å². The molecule has 2 aromatic heterocycles. The quantitative estimate of drug-likeness (QED) is 0.406. The van der Waals surface area contributed by atoms with Gasteiger partial charge in [0.25, 0.3) is 0 Å². The van der Waals surface area contributed by atoms with Gasteiger partial charge in [-0.05, 0) is 42.0 Å². The van der Waals surface area contributed by atoms with E-state index in [4.69, 9.17) is 21.6 Å². The van der Waals surface area contributed by atoms with Crippen LogP contribution in [0.15, 0.2) is 72.8 Å². The van der Waals surface area contributed by atoms with E-state index in [0.29, 0.717) is 6.54 Å². The third-order valence-electron chi connectivity index (χ3n) is 5.34. The molecule has 0 bridgehead atoms. The minimum Gasteiger partial charge on any atom is -0.318 e. The summed E-state index contributed by atoms with van der Waals surface area (Å²) in [4.78, 5) is 9.92. The summed E-state index contributed by atoms with van der Waals surface area (Å²) < 4.78 is 4.61. The number of nitrogens with zero attached hydrogens (tertiary/aromatic N) is 4. The van der Waals surface area contributed by atoms with E-state index < -0.39 is 0 Å². The Hall–Kier alpha value is -3.11. The van der Waals surface area contributed by atoms with Crippen molar-refractivity contribution in [2.45, 2.75) is 12.6 Å². The zero-order chi connectivity index (χ0) is 18.0. The van der Waals surface area contributed by atoms with Crippen LogP contribution in [0.4, 0.5) is 0 Å². The highest BCUT2D eigenvalue weighted by Gasteiger charge is 2.32. The molecule has 3 heterocycles. The highest BCUT2D eigenvalue weighted by atomic mass is 35.5. The molecule has 1 aliphatic rings. The molecule has 0 aliphatic carbocycles. The molecule has 1 aliphatic heterocycles. The minimum atomic E-state index is -0.0363. The Balaban J connectivity index is 1.70. The first kappa shape index (κ1) is 15.0. The summed E-state index contributed by atoms with van der Waals surface area (Å²) in [5, 5.41) is 0.735. The van der Waals surface area contributed by atoms with Gasteiger partial charge in [0.05, 0.1) is 28.6 Å². The maximum atomic E-state index is 6.15. The summed E-state index contributed by atoms with van der Waals surface area (Å²) in [6, 6.07) is 24.6. The maximum absolute atomic E-state index is 6.15. The van der Waals surface area contributed by atoms with Crippen molar-refractivity contribution in [2.24, 2.45) is 0 Å². The second-order valence-corrected chi connectivity index (χ2v) is 7.32. The van der Waals surface area contributed by atoms with Crippen molar-refractivity contribution in [3.63, 3.8) is 0 Å². The van der Waals surface area contributed by atoms with Gasteiger partial charge < -0.3 is 9.13 Å². The summed E-state index contributed by atoms with van der Waals surface area (Å²) in [7, 11) is 0. The molecule has 5 aromatic rings. The van der Waals surface area contributed by atoms with E-state index in [-0.39, 0.29) is 6.04 Å². The van der Waals surface area contributed by atoms with E-state index >= 15 is 0 Å². The predicted molar refractivity (Wildman–Crippen MR) is 107 cm³/mol. The monoisotopic (exact) mass is 370 g/mol. The number of hydrogen-bond acceptors (Lipinski definition) is 2. The van der Waals surface area contributed by atoms with Crippen LogP contribution in [0.25, 0.3) is 22.1 Å². The van der Waals surface area contributed by atoms with Crippen LogP contribution in [0.2, 0.25) is 5.02 Å². The molecule has 0 spiro atoms. The summed E-state index contributed by atoms with van der Waals surface area (Å²) in [5.74, 6) is 2.08. The van der Waals surface area contributed by atoms with Crippen LogP contribution in [0.1, 0.15) is 23.3 Å². The number of benzene rings is 3. The second-order valence-electron chi connectivity index (χ2n) is 6.89. The standard InChI is InChI=1S/C22H15ClN4/c23-15-11-9-14(10-12-15)21-22-25-16-5-1-3-7-18(16)26(22)13-20-24-17-6-2-4-8-19(17)27(20)21/h1-12,21H,13H2. The van der Waals surface area contributed by atoms with Crippen molar-refractivity contribution in [1.82, 2.24) is 19.1 Å². The highest BCUT2D eigenvalue weighted by Crippen LogP contribution is 2.37. The van der Waals surface area contributed by atoms with Gasteiger partial charge in [0, 0.05) is 5.02 Å². The Morgan fingerprint density at radius 3 is 2.22 bits per heavy atom. The van der Waals surface area contributed by atoms with E-state index in [9.17, 15) is 0 Å². The van der Waals surface area contributed by atoms with Crippen molar-refractivity contribution in [2.75, 3.05) is 0 Å². The fraction of sp³-hybridized carbons (Fsp3) is 0.0909. The molecule has 0 N–H and O–H groups in total. The van der Waals surface area contributed by atoms with Crippen molar-refractivity contribution in [1.29, 1.82) is 0 Å². The molecule has 1 atom stereocenters. The predicted octanol–water partition coefficient (Wildman–Crippen LogP) is 5.04. The first-order chi connectivity index (χ1) is 13.3. The Kier molecular flexibility index (Phi) is 3.02. The zero-order valence-electron chi connectivity index (χ0n) is 14.4. The van der Waals surface area contributed by atoms with Gasteiger partial charge in [-0.1, -0.05) is 48.0 Å². The number of rotatable bonds is 1. The van der Waals surface area contributed by atoms with Gasteiger partial charge in [0.15, 0.2) is 0 Å². The van der Waals surface area contributed by atoms with Gasteiger partial charge in [-0.3, -0.25) is 0 Å². The molecule has 1 unspecified atom stereocenters. The van der Waals surface area contributed by atoms with Crippen LogP contribution >= 0.6 is 11.6 Å². The van der Waals surface area contributed by atoms with Gasteiger partial charge in [-0.25, -0.2) is 9.97 Å². The van der Waals surface area contributed by atoms with E-state index in [0.717, 1.165) is 44.3 Å². The summed E-state index contributed by atoms with van der Waals surface area (Å²) in [5.41, 5.74) is 5.46. The van der Waals surface area contributed by atoms with Crippen LogP contribution in [0.3, 0.4) is 0 Å². The van der Waals surface area contributed by atoms with Crippen molar-refractivity contribution in [3.05, 3.63) is 95.0 Å². The molecule has 0 saturated heterocycles. The van der Waals surface area contributed by atoms with Crippen LogP contribution in [0, 0.1) is 0 Å². The summed E-state index contributed by atoms with van der Waals surface area (Å²) >= 11 is 6.15. The Morgan fingerprint density at radius 1 is 0.778 bits per heavy atom. The van der Waals surface area contributed by atoms with E-state index in [1.807, 2.05) is 24.3 Å². The van der Waals surface area contributed by atoms with E-state index in [2.05, 4.69) is 57.7 Å². The normalized spacial score (nSPS) is 15.8. The molecule has 6 rings (SSSR count). The summed E-state index contributed by atoms with van der Waals surface area (Å²) in [6.07, 6.45) is 0. The molecule has 0 fully saturated rings. The zero-order valence-corrected chi connectivity index (χ0v) is 15.1. The lowest BCUT2D eigenvalue weighted by molar-refractivity contribution is 0.523. The average molecular weight is 371 g/mol. The SMILES string of the molecule is Clc1ccc(C2c3nc4ccccc4n3Cc3nc4ccccc4n32)cc1. The van der Waals surface area contributed by atoms with Crippen LogP contribution in [0.5, 0.6) is 0 Å². The molecule has 4 nitrogen and oxygen atoms in total. The van der Waals surface area contributed by atoms with Crippen LogP contribution in [-0.2, 0) is 6.54 Å². The maximum Gasteiger partial charge on any atom is 0.138 e. The number of hydrogen-bond donors (Lipinski definition) is 0. The van der Waals surface area contributed by atoms with Crippen LogP contribution in [-0.4, -0.2) is 19.1 Å². The first-order valence-electron chi connectivity index (χ1n) is 8.96. The summed E-state index contributed by atoms with van der Waals surface area (Å²) in [6.45, 7) is 0.717. The number of fused-ring (bicyclic) bond motifs is 6. The van der Waals surface area contributed by atoms with E-state index in [1.54, 1.807) is 0 Å². The lowest BCUT2D eigenvalue weighted by Crippen LogP contribution is -2.26. The Labute approximate surface area is 160 Å². The molecule has 27 heavy (non-hydrogen) atoms. The third kappa shape index (κ3) is 2.10. The Bertz CT molecular complexity index is 1310. The van der Waals surface area contributed by atoms with Gasteiger partial charge in [0.1, 0.15) is 17.7 Å². The molecule has 5 heteroatoms. The molecule has 130 valence electrons. The molecule has 0 saturated carbocycles. The van der Waals surface area contributed by atoms with Crippen molar-refractivity contribution >= 4 is 33.7 Å². The van der Waals surface area contributed by atoms with E-state index in [1.165, 1.54) is 0 Å². The fourth-order valence-corrected chi connectivity index (χ4v) is 4.29. The first-order valence-corrected chi connectivity index (χ1v) is 9.34. The second kappa shape index (κ2) is 5.44. The lowest BCUT2D eigenvalue weighted by Gasteiger charge is -2.27. The molecule has 0 radical (unpaired) electrons. The smallest absolute Gasteiger partial charge is 0.138 e. The fourth-order valence-electron chi connectivity index (χ4n) is 4.16. The van der Waals surface area contributed by atoms with Gasteiger partial charge >= 0.3 is 0 Å². The molecular weight excluding hydrogens is 356 g/mol. The largest absolute Gasteiger partial charge is 0.318 e. The van der Waals surface area contributed by atoms with Crippen LogP contribution < -0.4 is 0 Å². The van der Waals surface area contributed by atoms with Gasteiger partial charge in [0.2, 0.25) is 0 Å². The Morgan fingerprint density at radius 2 is 1.44 bits per heavy atom. The third-order valence-corrected chi connectivity index (χ3v) is 5.59. The number of aromatic nitrogens is 4. The topological polar surface area (TPSA) is 35.6 Å². The molecular formula is C22H15ClN4. The highest BCUT2D eigenvalue weighted by molar-refractivity contribution is 6.30. The number of halogens is 1. The minimum absolute atomic E-state index is 0.0363. The lowest BCUT2D eigenvalue weighted by atomic mass is 10.0. The van der Waals surface area contributed by atoms with Gasteiger partial charge in [-0.2, -0.15) is 0 Å². The number of para-hydroxylation sites is 4. The average Bonchev–Trinajstić information content (AvgIpc) is 3.25.